The van der Waals surface area contributed by atoms with Gasteiger partial charge >= 0.3 is 0 Å². The molecule has 0 aliphatic heterocycles. The molecule has 0 bridgehead atoms. The normalized spacial score (nSPS) is 14.7. The molecular weight excluding hydrogens is 597 g/mol. The molecule has 0 saturated heterocycles. The minimum Gasteiger partial charge on any atom is -0.309 e. The third-order valence-corrected chi connectivity index (χ3v) is 10.8. The Kier molecular flexibility index (Phi) is 6.38. The van der Waals surface area contributed by atoms with Crippen molar-refractivity contribution in [2.45, 2.75) is 37.5 Å². The fourth-order valence-corrected chi connectivity index (χ4v) is 8.59. The van der Waals surface area contributed by atoms with Gasteiger partial charge in [-0.3, -0.25) is 0 Å². The molecule has 2 heterocycles. The first-order valence-corrected chi connectivity index (χ1v) is 17.4. The van der Waals surface area contributed by atoms with Crippen LogP contribution in [0.1, 0.15) is 43.2 Å². The second-order valence-electron chi connectivity index (χ2n) is 13.5. The van der Waals surface area contributed by atoms with E-state index in [1.165, 1.54) is 70.6 Å². The molecule has 1 spiro atoms. The van der Waals surface area contributed by atoms with E-state index in [1.807, 2.05) is 36.4 Å². The molecule has 2 aliphatic carbocycles. The number of benzene rings is 6. The van der Waals surface area contributed by atoms with Crippen molar-refractivity contribution < 1.29 is 0 Å². The molecule has 1 saturated carbocycles. The molecule has 10 rings (SSSR count). The van der Waals surface area contributed by atoms with Crippen LogP contribution in [-0.4, -0.2) is 19.5 Å². The largest absolute Gasteiger partial charge is 0.309 e. The molecule has 0 amide bonds. The molecule has 4 nitrogen and oxygen atoms in total. The highest BCUT2D eigenvalue weighted by molar-refractivity contribution is 6.12. The Bertz CT molecular complexity index is 2450. The van der Waals surface area contributed by atoms with Crippen molar-refractivity contribution in [3.63, 3.8) is 0 Å². The summed E-state index contributed by atoms with van der Waals surface area (Å²) in [5.74, 6) is 2.00. The zero-order chi connectivity index (χ0) is 32.4. The van der Waals surface area contributed by atoms with E-state index in [0.717, 1.165) is 27.9 Å². The minimum absolute atomic E-state index is 0.103. The SMILES string of the molecule is c1ccc(-c2nc(-c3ccccc3)nc(-c3ccc4c5cc6c(cc5n(-c5ccccc5)c4c3)-c3ccccc3C63CCCCC3)n2)cc1. The molecule has 0 atom stereocenters. The number of para-hydroxylation sites is 1. The van der Waals surface area contributed by atoms with Gasteiger partial charge in [-0.05, 0) is 65.4 Å². The van der Waals surface area contributed by atoms with Gasteiger partial charge in [-0.1, -0.05) is 135 Å². The van der Waals surface area contributed by atoms with Gasteiger partial charge in [-0.2, -0.15) is 0 Å². The minimum atomic E-state index is 0.103. The van der Waals surface area contributed by atoms with Gasteiger partial charge in [0.2, 0.25) is 0 Å². The van der Waals surface area contributed by atoms with Gasteiger partial charge in [0.1, 0.15) is 0 Å². The maximum Gasteiger partial charge on any atom is 0.164 e. The van der Waals surface area contributed by atoms with E-state index in [-0.39, 0.29) is 5.41 Å². The third kappa shape index (κ3) is 4.40. The average molecular weight is 631 g/mol. The van der Waals surface area contributed by atoms with Crippen molar-refractivity contribution in [2.24, 2.45) is 0 Å². The smallest absolute Gasteiger partial charge is 0.164 e. The van der Waals surface area contributed by atoms with Gasteiger partial charge in [0.15, 0.2) is 17.5 Å². The number of hydrogen-bond acceptors (Lipinski definition) is 3. The van der Waals surface area contributed by atoms with Crippen molar-refractivity contribution >= 4 is 21.8 Å². The van der Waals surface area contributed by atoms with Crippen LogP contribution < -0.4 is 0 Å². The van der Waals surface area contributed by atoms with Crippen molar-refractivity contribution in [3.8, 4) is 51.0 Å². The average Bonchev–Trinajstić information content (AvgIpc) is 3.64. The lowest BCUT2D eigenvalue weighted by molar-refractivity contribution is 0.353. The van der Waals surface area contributed by atoms with Gasteiger partial charge in [0.05, 0.1) is 11.0 Å². The summed E-state index contributed by atoms with van der Waals surface area (Å²) in [5.41, 5.74) is 12.3. The Balaban J connectivity index is 1.23. The molecule has 4 heteroatoms. The predicted octanol–water partition coefficient (Wildman–Crippen LogP) is 11.2. The summed E-state index contributed by atoms with van der Waals surface area (Å²) in [7, 11) is 0. The first-order valence-electron chi connectivity index (χ1n) is 17.4. The predicted molar refractivity (Wildman–Crippen MR) is 200 cm³/mol. The summed E-state index contributed by atoms with van der Waals surface area (Å²) in [5, 5.41) is 2.54. The van der Waals surface area contributed by atoms with Crippen molar-refractivity contribution in [2.75, 3.05) is 0 Å². The van der Waals surface area contributed by atoms with E-state index >= 15 is 0 Å². The Morgan fingerprint density at radius 2 is 1.00 bits per heavy atom. The second-order valence-corrected chi connectivity index (χ2v) is 13.5. The molecular formula is C45H34N4. The molecule has 49 heavy (non-hydrogen) atoms. The Morgan fingerprint density at radius 1 is 0.429 bits per heavy atom. The summed E-state index contributed by atoms with van der Waals surface area (Å²) in [4.78, 5) is 15.1. The van der Waals surface area contributed by atoms with E-state index in [1.54, 1.807) is 0 Å². The van der Waals surface area contributed by atoms with Crippen LogP contribution in [0.4, 0.5) is 0 Å². The highest BCUT2D eigenvalue weighted by Crippen LogP contribution is 2.57. The van der Waals surface area contributed by atoms with E-state index in [2.05, 4.69) is 114 Å². The van der Waals surface area contributed by atoms with Crippen LogP contribution in [0.3, 0.4) is 0 Å². The number of nitrogens with zero attached hydrogens (tertiary/aromatic N) is 4. The lowest BCUT2D eigenvalue weighted by Crippen LogP contribution is -2.27. The summed E-state index contributed by atoms with van der Waals surface area (Å²) in [6.07, 6.45) is 6.33. The van der Waals surface area contributed by atoms with E-state index in [4.69, 9.17) is 15.0 Å². The zero-order valence-electron chi connectivity index (χ0n) is 27.2. The second kappa shape index (κ2) is 11.1. The molecule has 1 fully saturated rings. The first-order chi connectivity index (χ1) is 24.3. The van der Waals surface area contributed by atoms with E-state index in [0.29, 0.717) is 17.5 Å². The fourth-order valence-electron chi connectivity index (χ4n) is 8.59. The molecule has 234 valence electrons. The van der Waals surface area contributed by atoms with Crippen molar-refractivity contribution in [1.29, 1.82) is 0 Å². The van der Waals surface area contributed by atoms with Gasteiger partial charge < -0.3 is 4.57 Å². The lowest BCUT2D eigenvalue weighted by atomic mass is 9.68. The molecule has 8 aromatic rings. The standard InChI is InChI=1S/C45H34N4/c1-5-15-30(16-6-1)42-46-43(31-17-7-2-8-18-31)48-44(47-42)32-23-24-35-37-28-39-36(29-41(37)49(40(35)27-32)33-19-9-3-10-20-33)34-21-11-12-22-38(34)45(39)25-13-4-14-26-45/h1-3,5-12,15-24,27-29H,4,13-14,25-26H2. The van der Waals surface area contributed by atoms with Crippen LogP contribution in [0, 0.1) is 0 Å². The quantitative estimate of drug-likeness (QED) is 0.194. The van der Waals surface area contributed by atoms with Gasteiger partial charge in [-0.15, -0.1) is 0 Å². The van der Waals surface area contributed by atoms with E-state index in [9.17, 15) is 0 Å². The van der Waals surface area contributed by atoms with Crippen molar-refractivity contribution in [1.82, 2.24) is 19.5 Å². The van der Waals surface area contributed by atoms with Crippen LogP contribution in [0.15, 0.2) is 146 Å². The number of aromatic nitrogens is 4. The van der Waals surface area contributed by atoms with Gasteiger partial charge in [0, 0.05) is 38.6 Å². The molecule has 0 unspecified atom stereocenters. The number of rotatable bonds is 4. The summed E-state index contributed by atoms with van der Waals surface area (Å²) in [6, 6.07) is 52.1. The molecule has 6 aromatic carbocycles. The Labute approximate surface area is 285 Å². The number of fused-ring (bicyclic) bond motifs is 8. The molecule has 0 radical (unpaired) electrons. The van der Waals surface area contributed by atoms with Crippen LogP contribution in [0.25, 0.3) is 72.8 Å². The van der Waals surface area contributed by atoms with Crippen LogP contribution in [-0.2, 0) is 5.41 Å². The summed E-state index contributed by atoms with van der Waals surface area (Å²) < 4.78 is 2.43. The van der Waals surface area contributed by atoms with Crippen LogP contribution in [0.5, 0.6) is 0 Å². The van der Waals surface area contributed by atoms with Crippen molar-refractivity contribution in [3.05, 3.63) is 157 Å². The topological polar surface area (TPSA) is 43.6 Å². The Morgan fingerprint density at radius 3 is 1.67 bits per heavy atom. The van der Waals surface area contributed by atoms with Crippen LogP contribution >= 0.6 is 0 Å². The molecule has 0 N–H and O–H groups in total. The Hall–Kier alpha value is -5.87. The maximum absolute atomic E-state index is 5.06. The highest BCUT2D eigenvalue weighted by Gasteiger charge is 2.44. The van der Waals surface area contributed by atoms with Crippen LogP contribution in [0.2, 0.25) is 0 Å². The summed E-state index contributed by atoms with van der Waals surface area (Å²) in [6.45, 7) is 0. The monoisotopic (exact) mass is 630 g/mol. The molecule has 2 aromatic heterocycles. The fraction of sp³-hybridized carbons (Fsp3) is 0.133. The lowest BCUT2D eigenvalue weighted by Gasteiger charge is -2.36. The molecule has 2 aliphatic rings. The third-order valence-electron chi connectivity index (χ3n) is 10.8. The first kappa shape index (κ1) is 28.2. The summed E-state index contributed by atoms with van der Waals surface area (Å²) >= 11 is 0. The van der Waals surface area contributed by atoms with Gasteiger partial charge in [-0.25, -0.2) is 15.0 Å². The highest BCUT2D eigenvalue weighted by atomic mass is 15.0. The van der Waals surface area contributed by atoms with E-state index < -0.39 is 0 Å². The van der Waals surface area contributed by atoms with Gasteiger partial charge in [0.25, 0.3) is 0 Å². The zero-order valence-corrected chi connectivity index (χ0v) is 27.2. The number of hydrogen-bond donors (Lipinski definition) is 0. The maximum atomic E-state index is 5.06.